The summed E-state index contributed by atoms with van der Waals surface area (Å²) in [7, 11) is 0. The lowest BCUT2D eigenvalue weighted by atomic mass is 9.88. The molecule has 0 spiro atoms. The molecule has 0 aromatic heterocycles. The van der Waals surface area contributed by atoms with Gasteiger partial charge in [0, 0.05) is 30.5 Å². The molecule has 3 atom stereocenters. The summed E-state index contributed by atoms with van der Waals surface area (Å²) in [5.74, 6) is 2.12. The van der Waals surface area contributed by atoms with Gasteiger partial charge in [0.2, 0.25) is 5.91 Å². The second-order valence-electron chi connectivity index (χ2n) is 5.23. The summed E-state index contributed by atoms with van der Waals surface area (Å²) >= 11 is 1.83. The Hall–Kier alpha value is -1.04. The molecule has 2 aliphatic rings. The zero-order valence-corrected chi connectivity index (χ0v) is 12.1. The van der Waals surface area contributed by atoms with Crippen LogP contribution in [0.15, 0.2) is 30.3 Å². The van der Waals surface area contributed by atoms with E-state index in [0.29, 0.717) is 13.2 Å². The number of nitrogens with one attached hydrogen (secondary N) is 1. The first-order valence-electron chi connectivity index (χ1n) is 7.00. The second kappa shape index (κ2) is 6.61. The van der Waals surface area contributed by atoms with Gasteiger partial charge >= 0.3 is 0 Å². The molecule has 1 amide bonds. The van der Waals surface area contributed by atoms with E-state index in [9.17, 15) is 4.79 Å². The van der Waals surface area contributed by atoms with Crippen molar-refractivity contribution in [3.8, 4) is 0 Å². The van der Waals surface area contributed by atoms with Crippen LogP contribution in [0.5, 0.6) is 0 Å². The predicted molar refractivity (Wildman–Crippen MR) is 78.4 cm³/mol. The van der Waals surface area contributed by atoms with Crippen molar-refractivity contribution in [1.82, 2.24) is 5.48 Å². The van der Waals surface area contributed by atoms with Crippen LogP contribution in [0.4, 0.5) is 0 Å². The second-order valence-corrected chi connectivity index (χ2v) is 6.31. The first-order chi connectivity index (χ1) is 9.84. The molecular weight excluding hydrogens is 274 g/mol. The van der Waals surface area contributed by atoms with Crippen LogP contribution in [-0.2, 0) is 14.4 Å². The van der Waals surface area contributed by atoms with Gasteiger partial charge in [0.1, 0.15) is 6.10 Å². The highest BCUT2D eigenvalue weighted by atomic mass is 32.2. The van der Waals surface area contributed by atoms with Gasteiger partial charge in [0.25, 0.3) is 0 Å². The van der Waals surface area contributed by atoms with Crippen LogP contribution < -0.4 is 5.48 Å². The first-order valence-corrected chi connectivity index (χ1v) is 8.16. The fourth-order valence-electron chi connectivity index (χ4n) is 2.66. The highest BCUT2D eigenvalue weighted by molar-refractivity contribution is 7.99. The molecule has 108 valence electrons. The molecule has 3 rings (SSSR count). The maximum absolute atomic E-state index is 12.3. The maximum Gasteiger partial charge on any atom is 0.248 e. The zero-order chi connectivity index (χ0) is 13.8. The predicted octanol–water partition coefficient (Wildman–Crippen LogP) is 1.97. The number of benzene rings is 1. The lowest BCUT2D eigenvalue weighted by Gasteiger charge is -2.19. The fourth-order valence-corrected chi connectivity index (χ4v) is 4.12. The highest BCUT2D eigenvalue weighted by Crippen LogP contribution is 2.37. The zero-order valence-electron chi connectivity index (χ0n) is 11.3. The van der Waals surface area contributed by atoms with Crippen molar-refractivity contribution in [2.45, 2.75) is 18.4 Å². The quantitative estimate of drug-likeness (QED) is 0.862. The van der Waals surface area contributed by atoms with E-state index in [-0.39, 0.29) is 23.8 Å². The number of rotatable bonds is 4. The number of carbonyl (C=O) groups excluding carboxylic acids is 1. The SMILES string of the molecule is O=C(NOC1CCOC1)[C@@H]1CSC[C@H]1c1ccccc1. The van der Waals surface area contributed by atoms with Crippen molar-refractivity contribution >= 4 is 17.7 Å². The summed E-state index contributed by atoms with van der Waals surface area (Å²) in [6.07, 6.45) is 0.852. The average molecular weight is 293 g/mol. The number of ether oxygens (including phenoxy) is 1. The highest BCUT2D eigenvalue weighted by Gasteiger charge is 2.35. The monoisotopic (exact) mass is 293 g/mol. The standard InChI is InChI=1S/C15H19NO3S/c17-15(16-19-12-6-7-18-8-12)14-10-20-9-13(14)11-4-2-1-3-5-11/h1-5,12-14H,6-10H2,(H,16,17)/t12?,13-,14+/m0/s1. The minimum absolute atomic E-state index is 0.00295. The molecule has 1 unspecified atom stereocenters. The van der Waals surface area contributed by atoms with E-state index in [4.69, 9.17) is 9.57 Å². The van der Waals surface area contributed by atoms with Gasteiger partial charge in [-0.25, -0.2) is 5.48 Å². The molecule has 0 saturated carbocycles. The van der Waals surface area contributed by atoms with E-state index >= 15 is 0 Å². The molecule has 2 heterocycles. The Balaban J connectivity index is 1.58. The molecule has 4 nitrogen and oxygen atoms in total. The Morgan fingerprint density at radius 3 is 2.90 bits per heavy atom. The summed E-state index contributed by atoms with van der Waals surface area (Å²) in [5, 5.41) is 0. The number of thioether (sulfide) groups is 1. The maximum atomic E-state index is 12.3. The topological polar surface area (TPSA) is 47.6 Å². The van der Waals surface area contributed by atoms with Crippen LogP contribution in [0, 0.1) is 5.92 Å². The van der Waals surface area contributed by atoms with Crippen molar-refractivity contribution in [2.75, 3.05) is 24.7 Å². The molecule has 5 heteroatoms. The summed E-state index contributed by atoms with van der Waals surface area (Å²) in [6, 6.07) is 10.3. The van der Waals surface area contributed by atoms with Crippen molar-refractivity contribution in [3.63, 3.8) is 0 Å². The summed E-state index contributed by atoms with van der Waals surface area (Å²) in [5.41, 5.74) is 3.87. The first kappa shape index (κ1) is 13.9. The Morgan fingerprint density at radius 2 is 2.15 bits per heavy atom. The molecule has 2 saturated heterocycles. The summed E-state index contributed by atoms with van der Waals surface area (Å²) in [4.78, 5) is 17.7. The smallest absolute Gasteiger partial charge is 0.248 e. The molecule has 1 aromatic carbocycles. The van der Waals surface area contributed by atoms with Crippen LogP contribution >= 0.6 is 11.8 Å². The van der Waals surface area contributed by atoms with Crippen LogP contribution in [0.3, 0.4) is 0 Å². The summed E-state index contributed by atoms with van der Waals surface area (Å²) in [6.45, 7) is 1.29. The van der Waals surface area contributed by atoms with Crippen molar-refractivity contribution in [3.05, 3.63) is 35.9 Å². The number of amides is 1. The Morgan fingerprint density at radius 1 is 1.30 bits per heavy atom. The Kier molecular flexibility index (Phi) is 4.60. The molecule has 2 aliphatic heterocycles. The molecular formula is C15H19NO3S. The van der Waals surface area contributed by atoms with E-state index in [1.54, 1.807) is 0 Å². The normalized spacial score (nSPS) is 29.5. The molecule has 1 aromatic rings. The van der Waals surface area contributed by atoms with E-state index in [1.807, 2.05) is 30.0 Å². The minimum atomic E-state index is -0.00952. The van der Waals surface area contributed by atoms with Crippen molar-refractivity contribution in [2.24, 2.45) is 5.92 Å². The lowest BCUT2D eigenvalue weighted by Crippen LogP contribution is -2.36. The van der Waals surface area contributed by atoms with Crippen molar-refractivity contribution < 1.29 is 14.4 Å². The molecule has 2 fully saturated rings. The van der Waals surface area contributed by atoms with Crippen molar-refractivity contribution in [1.29, 1.82) is 0 Å². The van der Waals surface area contributed by atoms with Gasteiger partial charge in [-0.15, -0.1) is 0 Å². The average Bonchev–Trinajstić information content (AvgIpc) is 3.17. The van der Waals surface area contributed by atoms with Gasteiger partial charge < -0.3 is 4.74 Å². The molecule has 0 aliphatic carbocycles. The third-order valence-electron chi connectivity index (χ3n) is 3.86. The van der Waals surface area contributed by atoms with Gasteiger partial charge in [-0.1, -0.05) is 30.3 Å². The third kappa shape index (κ3) is 3.16. The Labute approximate surface area is 123 Å². The Bertz CT molecular complexity index is 448. The van der Waals surface area contributed by atoms with Gasteiger partial charge in [0.15, 0.2) is 0 Å². The molecule has 20 heavy (non-hydrogen) atoms. The van der Waals surface area contributed by atoms with Gasteiger partial charge in [-0.05, 0) is 5.56 Å². The van der Waals surface area contributed by atoms with Gasteiger partial charge in [0.05, 0.1) is 12.5 Å². The van der Waals surface area contributed by atoms with Crippen LogP contribution in [-0.4, -0.2) is 36.7 Å². The van der Waals surface area contributed by atoms with E-state index in [1.165, 1.54) is 5.56 Å². The van der Waals surface area contributed by atoms with Gasteiger partial charge in [-0.3, -0.25) is 9.63 Å². The van der Waals surface area contributed by atoms with E-state index < -0.39 is 0 Å². The number of hydrogen-bond donors (Lipinski definition) is 1. The third-order valence-corrected chi connectivity index (χ3v) is 5.05. The number of hydroxylamine groups is 1. The molecule has 1 N–H and O–H groups in total. The van der Waals surface area contributed by atoms with Crippen LogP contribution in [0.2, 0.25) is 0 Å². The molecule has 0 radical (unpaired) electrons. The van der Waals surface area contributed by atoms with Crippen LogP contribution in [0.25, 0.3) is 0 Å². The molecule has 0 bridgehead atoms. The van der Waals surface area contributed by atoms with E-state index in [0.717, 1.165) is 17.9 Å². The fraction of sp³-hybridized carbons (Fsp3) is 0.533. The van der Waals surface area contributed by atoms with Crippen LogP contribution in [0.1, 0.15) is 17.9 Å². The minimum Gasteiger partial charge on any atom is -0.379 e. The number of hydrogen-bond acceptors (Lipinski definition) is 4. The number of carbonyl (C=O) groups is 1. The largest absolute Gasteiger partial charge is 0.379 e. The summed E-state index contributed by atoms with van der Waals surface area (Å²) < 4.78 is 5.22. The lowest BCUT2D eigenvalue weighted by molar-refractivity contribution is -0.142. The van der Waals surface area contributed by atoms with Gasteiger partial charge in [-0.2, -0.15) is 11.8 Å². The van der Waals surface area contributed by atoms with E-state index in [2.05, 4.69) is 17.6 Å².